The normalized spacial score (nSPS) is 15.1. The first-order chi connectivity index (χ1) is 17.6. The van der Waals surface area contributed by atoms with Gasteiger partial charge in [0, 0.05) is 41.2 Å². The van der Waals surface area contributed by atoms with Crippen molar-refractivity contribution in [1.82, 2.24) is 10.2 Å². The molecule has 1 aliphatic carbocycles. The number of rotatable bonds is 11. The summed E-state index contributed by atoms with van der Waals surface area (Å²) < 4.78 is 26.1. The van der Waals surface area contributed by atoms with Crippen LogP contribution in [0.3, 0.4) is 0 Å². The molecule has 1 fully saturated rings. The van der Waals surface area contributed by atoms with E-state index < -0.39 is 16.1 Å². The molecule has 0 bridgehead atoms. The van der Waals surface area contributed by atoms with Crippen molar-refractivity contribution in [3.63, 3.8) is 0 Å². The number of nitrogens with zero attached hydrogens (tertiary/aromatic N) is 2. The lowest BCUT2D eigenvalue weighted by molar-refractivity contribution is -0.141. The van der Waals surface area contributed by atoms with E-state index in [1.165, 1.54) is 15.6 Å². The number of hydrogen-bond donors (Lipinski definition) is 1. The molecule has 0 aromatic heterocycles. The summed E-state index contributed by atoms with van der Waals surface area (Å²) in [5.41, 5.74) is 1.11. The standard InChI is InChI=1S/C27H35Cl2N3O4S/c1-20(27(34)30-21-11-5-3-6-12-21)31(19-23-24(28)15-9-16-25(23)29)26(33)17-10-18-32(37(2,35)36)22-13-7-4-8-14-22/h4,7-9,13-16,20-21H,3,5-6,10-12,17-19H2,1-2H3,(H,30,34)/t20-/m1/s1. The van der Waals surface area contributed by atoms with Crippen LogP contribution in [-0.2, 0) is 26.2 Å². The van der Waals surface area contributed by atoms with Crippen LogP contribution in [0.1, 0.15) is 57.4 Å². The molecule has 0 heterocycles. The van der Waals surface area contributed by atoms with Gasteiger partial charge < -0.3 is 10.2 Å². The molecule has 1 atom stereocenters. The van der Waals surface area contributed by atoms with Crippen LogP contribution in [0.2, 0.25) is 10.0 Å². The third-order valence-electron chi connectivity index (χ3n) is 6.71. The number of anilines is 1. The van der Waals surface area contributed by atoms with Crippen LogP contribution < -0.4 is 9.62 Å². The fourth-order valence-corrected chi connectivity index (χ4v) is 6.09. The molecule has 7 nitrogen and oxygen atoms in total. The zero-order valence-corrected chi connectivity index (χ0v) is 23.7. The highest BCUT2D eigenvalue weighted by atomic mass is 35.5. The summed E-state index contributed by atoms with van der Waals surface area (Å²) in [6.45, 7) is 1.91. The predicted molar refractivity (Wildman–Crippen MR) is 149 cm³/mol. The number of sulfonamides is 1. The maximum absolute atomic E-state index is 13.5. The highest BCUT2D eigenvalue weighted by Crippen LogP contribution is 2.27. The molecule has 1 saturated carbocycles. The van der Waals surface area contributed by atoms with E-state index in [0.29, 0.717) is 21.3 Å². The van der Waals surface area contributed by atoms with E-state index in [-0.39, 0.29) is 43.8 Å². The van der Waals surface area contributed by atoms with E-state index in [0.717, 1.165) is 31.9 Å². The van der Waals surface area contributed by atoms with Crippen LogP contribution in [0.4, 0.5) is 5.69 Å². The minimum absolute atomic E-state index is 0.0575. The van der Waals surface area contributed by atoms with Crippen molar-refractivity contribution < 1.29 is 18.0 Å². The van der Waals surface area contributed by atoms with Gasteiger partial charge in [0.1, 0.15) is 6.04 Å². The first kappa shape index (κ1) is 29.3. The highest BCUT2D eigenvalue weighted by molar-refractivity contribution is 7.92. The Hall–Kier alpha value is -2.29. The molecule has 10 heteroatoms. The molecule has 0 unspecified atom stereocenters. The number of halogens is 2. The van der Waals surface area contributed by atoms with E-state index in [9.17, 15) is 18.0 Å². The Morgan fingerprint density at radius 1 is 1.00 bits per heavy atom. The minimum atomic E-state index is -3.53. The first-order valence-corrected chi connectivity index (χ1v) is 15.2. The minimum Gasteiger partial charge on any atom is -0.352 e. The first-order valence-electron chi connectivity index (χ1n) is 12.6. The van der Waals surface area contributed by atoms with Crippen molar-refractivity contribution in [2.45, 2.75) is 70.5 Å². The summed E-state index contributed by atoms with van der Waals surface area (Å²) in [5.74, 6) is -0.491. The Morgan fingerprint density at radius 3 is 2.22 bits per heavy atom. The van der Waals surface area contributed by atoms with Gasteiger partial charge in [-0.15, -0.1) is 0 Å². The fraction of sp³-hybridized carbons (Fsp3) is 0.481. The second kappa shape index (κ2) is 13.5. The van der Waals surface area contributed by atoms with E-state index in [1.54, 1.807) is 49.4 Å². The maximum atomic E-state index is 13.5. The van der Waals surface area contributed by atoms with Gasteiger partial charge in [0.25, 0.3) is 0 Å². The van der Waals surface area contributed by atoms with Crippen LogP contribution >= 0.6 is 23.2 Å². The Morgan fingerprint density at radius 2 is 1.62 bits per heavy atom. The lowest BCUT2D eigenvalue weighted by Gasteiger charge is -2.32. The van der Waals surface area contributed by atoms with Crippen molar-refractivity contribution in [3.8, 4) is 0 Å². The largest absolute Gasteiger partial charge is 0.352 e. The Balaban J connectivity index is 1.75. The Kier molecular flexibility index (Phi) is 10.7. The predicted octanol–water partition coefficient (Wildman–Crippen LogP) is 5.41. The second-order valence-electron chi connectivity index (χ2n) is 9.52. The van der Waals surface area contributed by atoms with Crippen molar-refractivity contribution in [1.29, 1.82) is 0 Å². The number of carbonyl (C=O) groups excluding carboxylic acids is 2. The van der Waals surface area contributed by atoms with E-state index >= 15 is 0 Å². The second-order valence-corrected chi connectivity index (χ2v) is 12.2. The van der Waals surface area contributed by atoms with Gasteiger partial charge in [-0.05, 0) is 50.5 Å². The van der Waals surface area contributed by atoms with Gasteiger partial charge in [0.05, 0.1) is 11.9 Å². The number of hydrogen-bond acceptors (Lipinski definition) is 4. The molecule has 0 radical (unpaired) electrons. The molecule has 0 saturated heterocycles. The van der Waals surface area contributed by atoms with E-state index in [1.807, 2.05) is 6.07 Å². The summed E-state index contributed by atoms with van der Waals surface area (Å²) in [7, 11) is -3.53. The monoisotopic (exact) mass is 567 g/mol. The average molecular weight is 569 g/mol. The van der Waals surface area contributed by atoms with Crippen LogP contribution in [0.5, 0.6) is 0 Å². The molecule has 0 spiro atoms. The van der Waals surface area contributed by atoms with Gasteiger partial charge in [0.15, 0.2) is 0 Å². The molecule has 1 N–H and O–H groups in total. The highest BCUT2D eigenvalue weighted by Gasteiger charge is 2.29. The summed E-state index contributed by atoms with van der Waals surface area (Å²) in [6.07, 6.45) is 6.68. The van der Waals surface area contributed by atoms with Crippen molar-refractivity contribution in [3.05, 3.63) is 64.1 Å². The average Bonchev–Trinajstić information content (AvgIpc) is 2.86. The summed E-state index contributed by atoms with van der Waals surface area (Å²) in [6, 6.07) is 13.2. The van der Waals surface area contributed by atoms with Gasteiger partial charge in [-0.1, -0.05) is 66.7 Å². The zero-order valence-electron chi connectivity index (χ0n) is 21.3. The molecule has 1 aliphatic rings. The molecule has 2 aromatic carbocycles. The van der Waals surface area contributed by atoms with E-state index in [2.05, 4.69) is 5.32 Å². The molecule has 3 rings (SSSR count). The third kappa shape index (κ3) is 8.35. The molecule has 37 heavy (non-hydrogen) atoms. The number of amides is 2. The topological polar surface area (TPSA) is 86.8 Å². The van der Waals surface area contributed by atoms with Gasteiger partial charge >= 0.3 is 0 Å². The smallest absolute Gasteiger partial charge is 0.242 e. The molecule has 0 aliphatic heterocycles. The maximum Gasteiger partial charge on any atom is 0.242 e. The van der Waals surface area contributed by atoms with Crippen molar-refractivity contribution in [2.24, 2.45) is 0 Å². The lowest BCUT2D eigenvalue weighted by atomic mass is 9.95. The molecule has 2 aromatic rings. The quantitative estimate of drug-likeness (QED) is 0.393. The molecular weight excluding hydrogens is 533 g/mol. The van der Waals surface area contributed by atoms with Crippen molar-refractivity contribution >= 4 is 50.7 Å². The summed E-state index contributed by atoms with van der Waals surface area (Å²) >= 11 is 12.8. The van der Waals surface area contributed by atoms with Gasteiger partial charge in [-0.25, -0.2) is 8.42 Å². The molecule has 202 valence electrons. The van der Waals surface area contributed by atoms with Crippen LogP contribution in [0.15, 0.2) is 48.5 Å². The molecule has 2 amide bonds. The summed E-state index contributed by atoms with van der Waals surface area (Å²) in [5, 5.41) is 3.93. The van der Waals surface area contributed by atoms with Crippen molar-refractivity contribution in [2.75, 3.05) is 17.1 Å². The third-order valence-corrected chi connectivity index (χ3v) is 8.61. The molecular formula is C27H35Cl2N3O4S. The number of benzene rings is 2. The van der Waals surface area contributed by atoms with Crippen LogP contribution in [0.25, 0.3) is 0 Å². The van der Waals surface area contributed by atoms with E-state index in [4.69, 9.17) is 23.2 Å². The van der Waals surface area contributed by atoms with Gasteiger partial charge in [-0.2, -0.15) is 0 Å². The Labute approximate surface area is 230 Å². The Bertz CT molecular complexity index is 1150. The lowest BCUT2D eigenvalue weighted by Crippen LogP contribution is -2.50. The zero-order chi connectivity index (χ0) is 27.0. The number of nitrogens with one attached hydrogen (secondary N) is 1. The number of para-hydroxylation sites is 1. The number of carbonyl (C=O) groups is 2. The fourth-order valence-electron chi connectivity index (χ4n) is 4.60. The van der Waals surface area contributed by atoms with Gasteiger partial charge in [0.2, 0.25) is 21.8 Å². The summed E-state index contributed by atoms with van der Waals surface area (Å²) in [4.78, 5) is 28.1. The van der Waals surface area contributed by atoms with Gasteiger partial charge in [-0.3, -0.25) is 13.9 Å². The van der Waals surface area contributed by atoms with Crippen LogP contribution in [-0.4, -0.2) is 50.0 Å². The SMILES string of the molecule is C[C@H](C(=O)NC1CCCCC1)N(Cc1c(Cl)cccc1Cl)C(=O)CCCN(c1ccccc1)S(C)(=O)=O. The van der Waals surface area contributed by atoms with Crippen LogP contribution in [0, 0.1) is 0 Å².